The zero-order valence-corrected chi connectivity index (χ0v) is 35.6. The molecule has 0 saturated heterocycles. The van der Waals surface area contributed by atoms with Gasteiger partial charge in [0.15, 0.2) is 0 Å². The van der Waals surface area contributed by atoms with Gasteiger partial charge in [-0.1, -0.05) is 179 Å². The van der Waals surface area contributed by atoms with E-state index in [1.165, 1.54) is 101 Å². The zero-order valence-electron chi connectivity index (χ0n) is 34.7. The molecule has 1 aromatic heterocycles. The van der Waals surface area contributed by atoms with Crippen LogP contribution in [0.3, 0.4) is 0 Å². The van der Waals surface area contributed by atoms with Crippen LogP contribution in [0.1, 0.15) is 122 Å². The molecule has 0 amide bonds. The van der Waals surface area contributed by atoms with Crippen molar-refractivity contribution in [1.82, 2.24) is 0 Å². The molecule has 0 bridgehead atoms. The van der Waals surface area contributed by atoms with Gasteiger partial charge in [0, 0.05) is 27.1 Å². The van der Waals surface area contributed by atoms with Crippen molar-refractivity contribution in [3.63, 3.8) is 0 Å². The summed E-state index contributed by atoms with van der Waals surface area (Å²) in [6.07, 6.45) is 16.9. The van der Waals surface area contributed by atoms with Gasteiger partial charge in [-0.3, -0.25) is 5.01 Å². The standard InChI is InChI=1S/C55H56N4S/c1-38(39-20-8-2-9-21-39)34-52(44-30-18-7-19-31-44)59(57)45-35-47(41-24-12-4-13-25-41)54-48(36-45)53-46(40-22-10-3-11-23-40)32-33-50(55(53)60-54)58-51(43-28-16-6-17-29-43)37-49(56)42-26-14-5-15-27-42/h2,5-9,14-21,26-38,40-41,56,58H,3-4,10-13,22-25,57H2,1H3/b51-37-,52-34-,56-49?. The van der Waals surface area contributed by atoms with Gasteiger partial charge < -0.3 is 10.7 Å². The van der Waals surface area contributed by atoms with Crippen LogP contribution in [0.5, 0.6) is 0 Å². The van der Waals surface area contributed by atoms with Crippen molar-refractivity contribution in [2.45, 2.75) is 88.9 Å². The van der Waals surface area contributed by atoms with Gasteiger partial charge in [0.05, 0.1) is 27.5 Å². The number of hydrazine groups is 1. The SMILES string of the molecule is CC(/C=C(/c1ccccc1)N(N)c1cc(C2CCCCC2)c2sc3c(N/C(=C\C(=N)c4ccccc4)c4ccccc4)ccc(C4CCCCC4)c3c2c1)c1ccccc1. The van der Waals surface area contributed by atoms with E-state index < -0.39 is 0 Å². The number of nitrogens with zero attached hydrogens (tertiary/aromatic N) is 1. The van der Waals surface area contributed by atoms with Crippen LogP contribution in [0.4, 0.5) is 11.4 Å². The Morgan fingerprint density at radius 3 is 1.82 bits per heavy atom. The van der Waals surface area contributed by atoms with E-state index in [0.29, 0.717) is 17.5 Å². The second-order valence-corrected chi connectivity index (χ2v) is 17.9. The lowest BCUT2D eigenvalue weighted by molar-refractivity contribution is 0.445. The first kappa shape index (κ1) is 39.7. The second-order valence-electron chi connectivity index (χ2n) is 16.9. The van der Waals surface area contributed by atoms with Crippen molar-refractivity contribution < 1.29 is 0 Å². The number of fused-ring (bicyclic) bond motifs is 3. The van der Waals surface area contributed by atoms with E-state index in [4.69, 9.17) is 11.3 Å². The summed E-state index contributed by atoms with van der Waals surface area (Å²) in [7, 11) is 0. The van der Waals surface area contributed by atoms with Crippen molar-refractivity contribution in [1.29, 1.82) is 5.41 Å². The average molecular weight is 805 g/mol. The molecule has 5 heteroatoms. The Kier molecular flexibility index (Phi) is 12.1. The second kappa shape index (κ2) is 18.3. The summed E-state index contributed by atoms with van der Waals surface area (Å²) < 4.78 is 2.68. The molecule has 2 aliphatic rings. The number of thiophene rings is 1. The lowest BCUT2D eigenvalue weighted by Gasteiger charge is -2.28. The number of hydrogen-bond acceptors (Lipinski definition) is 5. The highest BCUT2D eigenvalue weighted by molar-refractivity contribution is 7.26. The van der Waals surface area contributed by atoms with Gasteiger partial charge in [0.2, 0.25) is 0 Å². The molecule has 1 atom stereocenters. The molecule has 6 aromatic carbocycles. The monoisotopic (exact) mass is 804 g/mol. The molecule has 4 nitrogen and oxygen atoms in total. The minimum Gasteiger partial charge on any atom is -0.354 e. The molecular formula is C55H56N4S. The molecule has 2 saturated carbocycles. The van der Waals surface area contributed by atoms with Crippen LogP contribution in [0.2, 0.25) is 0 Å². The number of hydrogen-bond donors (Lipinski definition) is 3. The van der Waals surface area contributed by atoms with Crippen LogP contribution in [0.25, 0.3) is 31.6 Å². The average Bonchev–Trinajstić information content (AvgIpc) is 3.72. The van der Waals surface area contributed by atoms with E-state index in [-0.39, 0.29) is 5.92 Å². The molecule has 2 fully saturated rings. The highest BCUT2D eigenvalue weighted by atomic mass is 32.1. The first-order valence-electron chi connectivity index (χ1n) is 22.1. The first-order chi connectivity index (χ1) is 29.5. The fourth-order valence-electron chi connectivity index (χ4n) is 9.68. The minimum absolute atomic E-state index is 0.165. The third kappa shape index (κ3) is 8.48. The summed E-state index contributed by atoms with van der Waals surface area (Å²) in [4.78, 5) is 0. The zero-order chi connectivity index (χ0) is 40.8. The van der Waals surface area contributed by atoms with E-state index in [1.807, 2.05) is 52.8 Å². The topological polar surface area (TPSA) is 65.1 Å². The Labute approximate surface area is 360 Å². The van der Waals surface area contributed by atoms with Crippen LogP contribution in [-0.4, -0.2) is 5.71 Å². The molecule has 7 aromatic rings. The number of anilines is 2. The van der Waals surface area contributed by atoms with Gasteiger partial charge in [-0.2, -0.15) is 0 Å². The maximum absolute atomic E-state index is 9.15. The van der Waals surface area contributed by atoms with Crippen LogP contribution < -0.4 is 16.2 Å². The summed E-state index contributed by atoms with van der Waals surface area (Å²) in [5.74, 6) is 8.63. The van der Waals surface area contributed by atoms with Crippen molar-refractivity contribution >= 4 is 60.0 Å². The van der Waals surface area contributed by atoms with Gasteiger partial charge in [-0.05, 0) is 95.2 Å². The number of rotatable bonds is 12. The molecular weight excluding hydrogens is 749 g/mol. The molecule has 1 unspecified atom stereocenters. The van der Waals surface area contributed by atoms with Crippen molar-refractivity contribution in [2.24, 2.45) is 5.84 Å². The third-order valence-corrected chi connectivity index (χ3v) is 14.2. The first-order valence-corrected chi connectivity index (χ1v) is 22.9. The normalized spacial score (nSPS) is 16.2. The number of nitrogens with two attached hydrogens (primary N) is 1. The Morgan fingerprint density at radius 1 is 0.650 bits per heavy atom. The van der Waals surface area contributed by atoms with Gasteiger partial charge in [0.25, 0.3) is 0 Å². The van der Waals surface area contributed by atoms with E-state index in [0.717, 1.165) is 39.5 Å². The maximum Gasteiger partial charge on any atom is 0.0633 e. The molecule has 0 spiro atoms. The lowest BCUT2D eigenvalue weighted by atomic mass is 9.81. The lowest BCUT2D eigenvalue weighted by Crippen LogP contribution is -2.29. The van der Waals surface area contributed by atoms with E-state index in [9.17, 15) is 0 Å². The predicted octanol–water partition coefficient (Wildman–Crippen LogP) is 15.2. The van der Waals surface area contributed by atoms with Crippen molar-refractivity contribution in [3.8, 4) is 0 Å². The van der Waals surface area contributed by atoms with Crippen LogP contribution in [-0.2, 0) is 0 Å². The highest BCUT2D eigenvalue weighted by Gasteiger charge is 2.27. The Morgan fingerprint density at radius 2 is 1.20 bits per heavy atom. The fourth-order valence-corrected chi connectivity index (χ4v) is 11.1. The third-order valence-electron chi connectivity index (χ3n) is 12.9. The fraction of sp³-hybridized carbons (Fsp3) is 0.255. The summed E-state index contributed by atoms with van der Waals surface area (Å²) in [6, 6.07) is 51.5. The number of nitrogens with one attached hydrogen (secondary N) is 2. The minimum atomic E-state index is 0.165. The van der Waals surface area contributed by atoms with Crippen LogP contribution >= 0.6 is 11.3 Å². The number of allylic oxidation sites excluding steroid dienone is 2. The molecule has 9 rings (SSSR count). The van der Waals surface area contributed by atoms with E-state index >= 15 is 0 Å². The molecule has 2 aliphatic carbocycles. The molecule has 0 radical (unpaired) electrons. The van der Waals surface area contributed by atoms with Gasteiger partial charge in [0.1, 0.15) is 0 Å². The number of benzene rings is 6. The summed E-state index contributed by atoms with van der Waals surface area (Å²) in [5, 5.41) is 17.7. The molecule has 0 aliphatic heterocycles. The van der Waals surface area contributed by atoms with E-state index in [1.54, 1.807) is 0 Å². The van der Waals surface area contributed by atoms with Gasteiger partial charge in [-0.15, -0.1) is 11.3 Å². The quantitative estimate of drug-likeness (QED) is 0.0655. The molecule has 60 heavy (non-hydrogen) atoms. The molecule has 4 N–H and O–H groups in total. The molecule has 1 heterocycles. The smallest absolute Gasteiger partial charge is 0.0633 e. The van der Waals surface area contributed by atoms with E-state index in [2.05, 4.69) is 134 Å². The maximum atomic E-state index is 9.15. The Bertz CT molecular complexity index is 2620. The summed E-state index contributed by atoms with van der Waals surface area (Å²) in [5.41, 5.74) is 11.7. The largest absolute Gasteiger partial charge is 0.354 e. The Hall–Kier alpha value is -5.75. The summed E-state index contributed by atoms with van der Waals surface area (Å²) in [6.45, 7) is 2.26. The van der Waals surface area contributed by atoms with Crippen molar-refractivity contribution in [2.75, 3.05) is 10.3 Å². The predicted molar refractivity (Wildman–Crippen MR) is 258 cm³/mol. The van der Waals surface area contributed by atoms with Crippen molar-refractivity contribution in [3.05, 3.63) is 191 Å². The van der Waals surface area contributed by atoms with Gasteiger partial charge in [-0.25, -0.2) is 5.84 Å². The van der Waals surface area contributed by atoms with Crippen LogP contribution in [0.15, 0.2) is 158 Å². The van der Waals surface area contributed by atoms with Gasteiger partial charge >= 0.3 is 0 Å². The highest BCUT2D eigenvalue weighted by Crippen LogP contribution is 2.50. The Balaban J connectivity index is 1.24. The van der Waals surface area contributed by atoms with Crippen LogP contribution in [0, 0.1) is 5.41 Å². The summed E-state index contributed by atoms with van der Waals surface area (Å²) >= 11 is 1.95. The molecule has 302 valence electrons.